The second-order valence-corrected chi connectivity index (χ2v) is 3.82. The third kappa shape index (κ3) is 4.02. The minimum atomic E-state index is -3.01. The molecule has 0 aromatic heterocycles. The molecule has 7 heteroatoms. The van der Waals surface area contributed by atoms with E-state index in [1.54, 1.807) is 0 Å². The van der Waals surface area contributed by atoms with Crippen LogP contribution < -0.4 is 4.74 Å². The molecule has 17 heavy (non-hydrogen) atoms. The number of benzene rings is 1. The lowest BCUT2D eigenvalue weighted by Crippen LogP contribution is -2.09. The van der Waals surface area contributed by atoms with Gasteiger partial charge in [0, 0.05) is 11.6 Å². The molecule has 1 rings (SSSR count). The van der Waals surface area contributed by atoms with Gasteiger partial charge in [-0.1, -0.05) is 23.2 Å². The molecule has 0 bridgehead atoms. The van der Waals surface area contributed by atoms with Gasteiger partial charge in [0.05, 0.1) is 23.6 Å². The number of ether oxygens (including phenoxy) is 2. The molecule has 0 N–H and O–H groups in total. The Bertz CT molecular complexity index is 424. The zero-order chi connectivity index (χ0) is 13.0. The molecule has 0 aliphatic carbocycles. The summed E-state index contributed by atoms with van der Waals surface area (Å²) in [7, 11) is 1.19. The Balaban J connectivity index is 3.06. The fraction of sp³-hybridized carbons (Fsp3) is 0.300. The third-order valence-electron chi connectivity index (χ3n) is 1.88. The van der Waals surface area contributed by atoms with Crippen molar-refractivity contribution in [2.45, 2.75) is 13.0 Å². The molecule has 1 aromatic rings. The summed E-state index contributed by atoms with van der Waals surface area (Å²) in [5.41, 5.74) is 0.187. The SMILES string of the molecule is COC(=O)Cc1cc(Cl)c(Cl)cc1OC(F)F. The Morgan fingerprint density at radius 3 is 2.47 bits per heavy atom. The fourth-order valence-corrected chi connectivity index (χ4v) is 1.48. The van der Waals surface area contributed by atoms with Crippen LogP contribution in [0.3, 0.4) is 0 Å². The average molecular weight is 285 g/mol. The maximum atomic E-state index is 12.1. The third-order valence-corrected chi connectivity index (χ3v) is 2.60. The van der Waals surface area contributed by atoms with Gasteiger partial charge in [-0.2, -0.15) is 8.78 Å². The van der Waals surface area contributed by atoms with E-state index in [1.807, 2.05) is 0 Å². The summed E-state index contributed by atoms with van der Waals surface area (Å²) in [5, 5.41) is 0.211. The van der Waals surface area contributed by atoms with Crippen LogP contribution in [0.2, 0.25) is 10.0 Å². The van der Waals surface area contributed by atoms with Crippen LogP contribution in [0.25, 0.3) is 0 Å². The van der Waals surface area contributed by atoms with Gasteiger partial charge in [0.25, 0.3) is 0 Å². The highest BCUT2D eigenvalue weighted by molar-refractivity contribution is 6.42. The number of carbonyl (C=O) groups is 1. The molecule has 0 aliphatic heterocycles. The highest BCUT2D eigenvalue weighted by atomic mass is 35.5. The Morgan fingerprint density at radius 1 is 1.35 bits per heavy atom. The first kappa shape index (κ1) is 14.0. The van der Waals surface area contributed by atoms with Crippen molar-refractivity contribution in [2.24, 2.45) is 0 Å². The smallest absolute Gasteiger partial charge is 0.387 e. The molecule has 0 heterocycles. The van der Waals surface area contributed by atoms with E-state index < -0.39 is 12.6 Å². The standard InChI is InChI=1S/C10H8Cl2F2O3/c1-16-9(15)3-5-2-6(11)7(12)4-8(5)17-10(13)14/h2,4,10H,3H2,1H3. The first-order valence-electron chi connectivity index (χ1n) is 4.43. The zero-order valence-electron chi connectivity index (χ0n) is 8.68. The number of methoxy groups -OCH3 is 1. The first-order chi connectivity index (χ1) is 7.93. The molecular weight excluding hydrogens is 277 g/mol. The maximum Gasteiger partial charge on any atom is 0.387 e. The Kier molecular flexibility index (Phi) is 4.96. The summed E-state index contributed by atoms with van der Waals surface area (Å²) in [5.74, 6) is -0.790. The van der Waals surface area contributed by atoms with E-state index in [0.29, 0.717) is 0 Å². The van der Waals surface area contributed by atoms with E-state index in [1.165, 1.54) is 13.2 Å². The van der Waals surface area contributed by atoms with Crippen LogP contribution in [0, 0.1) is 0 Å². The van der Waals surface area contributed by atoms with Crippen molar-refractivity contribution in [3.05, 3.63) is 27.7 Å². The van der Waals surface area contributed by atoms with Gasteiger partial charge in [0.1, 0.15) is 5.75 Å². The van der Waals surface area contributed by atoms with Crippen molar-refractivity contribution in [3.63, 3.8) is 0 Å². The molecular formula is C10H8Cl2F2O3. The van der Waals surface area contributed by atoms with Gasteiger partial charge in [0.2, 0.25) is 0 Å². The lowest BCUT2D eigenvalue weighted by atomic mass is 10.1. The van der Waals surface area contributed by atoms with E-state index in [4.69, 9.17) is 23.2 Å². The van der Waals surface area contributed by atoms with Crippen LogP contribution in [-0.2, 0) is 16.0 Å². The lowest BCUT2D eigenvalue weighted by molar-refractivity contribution is -0.139. The summed E-state index contributed by atoms with van der Waals surface area (Å²) in [6.07, 6.45) is -0.227. The Hall–Kier alpha value is -1.07. The topological polar surface area (TPSA) is 35.5 Å². The van der Waals surface area contributed by atoms with E-state index in [0.717, 1.165) is 6.07 Å². The number of esters is 1. The van der Waals surface area contributed by atoms with Gasteiger partial charge in [-0.05, 0) is 6.07 Å². The fourth-order valence-electron chi connectivity index (χ4n) is 1.14. The highest BCUT2D eigenvalue weighted by Gasteiger charge is 2.15. The van der Waals surface area contributed by atoms with E-state index >= 15 is 0 Å². The Morgan fingerprint density at radius 2 is 1.94 bits per heavy atom. The van der Waals surface area contributed by atoms with Crippen LogP contribution in [0.4, 0.5) is 8.78 Å². The van der Waals surface area contributed by atoms with Gasteiger partial charge in [-0.15, -0.1) is 0 Å². The predicted octanol–water partition coefficient (Wildman–Crippen LogP) is 3.31. The number of hydrogen-bond acceptors (Lipinski definition) is 3. The van der Waals surface area contributed by atoms with Crippen molar-refractivity contribution in [1.29, 1.82) is 0 Å². The normalized spacial score (nSPS) is 10.5. The van der Waals surface area contributed by atoms with Crippen molar-refractivity contribution >= 4 is 29.2 Å². The lowest BCUT2D eigenvalue weighted by Gasteiger charge is -2.11. The number of halogens is 4. The molecule has 0 atom stereocenters. The Labute approximate surface area is 106 Å². The maximum absolute atomic E-state index is 12.1. The highest BCUT2D eigenvalue weighted by Crippen LogP contribution is 2.32. The quantitative estimate of drug-likeness (QED) is 0.796. The van der Waals surface area contributed by atoms with Crippen molar-refractivity contribution in [2.75, 3.05) is 7.11 Å². The van der Waals surface area contributed by atoms with Gasteiger partial charge < -0.3 is 9.47 Å². The minimum absolute atomic E-state index is 0.0657. The average Bonchev–Trinajstić information content (AvgIpc) is 2.24. The van der Waals surface area contributed by atoms with Crippen LogP contribution in [0.5, 0.6) is 5.75 Å². The molecule has 0 spiro atoms. The van der Waals surface area contributed by atoms with Gasteiger partial charge in [-0.25, -0.2) is 0 Å². The largest absolute Gasteiger partial charge is 0.469 e. The van der Waals surface area contributed by atoms with Crippen molar-refractivity contribution in [3.8, 4) is 5.75 Å². The molecule has 1 aromatic carbocycles. The van der Waals surface area contributed by atoms with Gasteiger partial charge in [-0.3, -0.25) is 4.79 Å². The summed E-state index contributed by atoms with van der Waals surface area (Å²) < 4.78 is 32.9. The van der Waals surface area contributed by atoms with Gasteiger partial charge >= 0.3 is 12.6 Å². The van der Waals surface area contributed by atoms with E-state index in [2.05, 4.69) is 9.47 Å². The number of rotatable bonds is 4. The van der Waals surface area contributed by atoms with Crippen molar-refractivity contribution < 1.29 is 23.0 Å². The molecule has 3 nitrogen and oxygen atoms in total. The number of hydrogen-bond donors (Lipinski definition) is 0. The zero-order valence-corrected chi connectivity index (χ0v) is 10.2. The molecule has 94 valence electrons. The molecule has 0 radical (unpaired) electrons. The van der Waals surface area contributed by atoms with Crippen LogP contribution in [-0.4, -0.2) is 19.7 Å². The summed E-state index contributed by atoms with van der Waals surface area (Å²) in [6.45, 7) is -3.01. The second kappa shape index (κ2) is 6.02. The van der Waals surface area contributed by atoms with Crippen molar-refractivity contribution in [1.82, 2.24) is 0 Å². The molecule has 0 saturated carbocycles. The van der Waals surface area contributed by atoms with Gasteiger partial charge in [0.15, 0.2) is 0 Å². The second-order valence-electron chi connectivity index (χ2n) is 3.01. The molecule has 0 unspecified atom stereocenters. The van der Waals surface area contributed by atoms with E-state index in [-0.39, 0.29) is 27.8 Å². The first-order valence-corrected chi connectivity index (χ1v) is 5.19. The number of carbonyl (C=O) groups excluding carboxylic acids is 1. The number of alkyl halides is 2. The molecule has 0 amide bonds. The van der Waals surface area contributed by atoms with Crippen LogP contribution in [0.15, 0.2) is 12.1 Å². The summed E-state index contributed by atoms with van der Waals surface area (Å²) >= 11 is 11.4. The summed E-state index contributed by atoms with van der Waals surface area (Å²) in [4.78, 5) is 11.1. The monoisotopic (exact) mass is 284 g/mol. The van der Waals surface area contributed by atoms with E-state index in [9.17, 15) is 13.6 Å². The van der Waals surface area contributed by atoms with Crippen LogP contribution >= 0.6 is 23.2 Å². The molecule has 0 aliphatic rings. The molecule has 0 fully saturated rings. The minimum Gasteiger partial charge on any atom is -0.469 e. The summed E-state index contributed by atoms with van der Waals surface area (Å²) in [6, 6.07) is 2.42. The molecule has 0 saturated heterocycles. The predicted molar refractivity (Wildman–Crippen MR) is 58.8 cm³/mol. The van der Waals surface area contributed by atoms with Crippen LogP contribution in [0.1, 0.15) is 5.56 Å².